The number of rotatable bonds is 3. The molecule has 0 N–H and O–H groups in total. The molecule has 3 aromatic rings. The van der Waals surface area contributed by atoms with Crippen molar-refractivity contribution in [2.75, 3.05) is 0 Å². The predicted molar refractivity (Wildman–Crippen MR) is 103 cm³/mol. The van der Waals surface area contributed by atoms with Crippen LogP contribution >= 0.6 is 0 Å². The number of benzene rings is 2. The summed E-state index contributed by atoms with van der Waals surface area (Å²) in [5.41, 5.74) is 1.32. The maximum atomic E-state index is 7.50. The van der Waals surface area contributed by atoms with Gasteiger partial charge in [-0.3, -0.25) is 0 Å². The molecule has 0 unspecified atom stereocenters. The van der Waals surface area contributed by atoms with Crippen LogP contribution in [0.3, 0.4) is 0 Å². The molecule has 0 aliphatic carbocycles. The van der Waals surface area contributed by atoms with Gasteiger partial charge in [0.15, 0.2) is 0 Å². The molecule has 159 valence electrons. The molecule has 0 heterocycles. The Morgan fingerprint density at radius 3 is 1.26 bits per heavy atom. The third-order valence-corrected chi connectivity index (χ3v) is 4.39. The van der Waals surface area contributed by atoms with Crippen LogP contribution in [-0.2, 0) is 57.4 Å². The Morgan fingerprint density at radius 2 is 0.935 bits per heavy atom. The number of hydrogen-bond donors (Lipinski definition) is 0. The Labute approximate surface area is 211 Å². The van der Waals surface area contributed by atoms with E-state index in [9.17, 15) is 0 Å². The van der Waals surface area contributed by atoms with E-state index >= 15 is 0 Å². The maximum absolute atomic E-state index is 7.50. The molecule has 0 aliphatic rings. The van der Waals surface area contributed by atoms with Gasteiger partial charge in [-0.25, -0.2) is 12.1 Å². The molecule has 0 aromatic heterocycles. The summed E-state index contributed by atoms with van der Waals surface area (Å²) < 4.78 is 38.9. The fraction of sp³-hybridized carbons (Fsp3) is 0. The molecule has 1 radical (unpaired) electrons. The summed E-state index contributed by atoms with van der Waals surface area (Å²) in [5.74, 6) is 0. The van der Waals surface area contributed by atoms with Gasteiger partial charge in [0.05, 0.1) is 0 Å². The van der Waals surface area contributed by atoms with Crippen LogP contribution < -0.4 is 4.46 Å². The standard InChI is InChI=1S/C13H11Se.C5H5.5CO.Fe.Mn/c1-3-7-12(8-4-1)11-14-13-9-5-2-6-10-13;1-2-4-5-3-1;5*1-2;;/h1-11H;1-5H;;;;;;;/q2*-1;;;;;;;+2. The van der Waals surface area contributed by atoms with E-state index in [1.165, 1.54) is 10.0 Å². The number of hydrogen-bond acceptors (Lipinski definition) is 0. The van der Waals surface area contributed by atoms with E-state index in [1.54, 1.807) is 0 Å². The van der Waals surface area contributed by atoms with Crippen LogP contribution in [0.1, 0.15) is 5.56 Å². The zero-order chi connectivity index (χ0) is 23.2. The van der Waals surface area contributed by atoms with E-state index in [0.29, 0.717) is 15.0 Å². The average molecular weight is 562 g/mol. The van der Waals surface area contributed by atoms with Gasteiger partial charge in [-0.05, 0) is 0 Å². The summed E-state index contributed by atoms with van der Waals surface area (Å²) >= 11 is 0.447. The van der Waals surface area contributed by atoms with Crippen LogP contribution in [0, 0.1) is 38.6 Å². The molecule has 31 heavy (non-hydrogen) atoms. The molecule has 0 amide bonds. The molecule has 0 saturated heterocycles. The first-order chi connectivity index (χ1) is 14.4. The van der Waals surface area contributed by atoms with E-state index in [1.807, 2.05) is 36.4 Å². The second-order valence-corrected chi connectivity index (χ2v) is 5.90. The molecule has 0 aliphatic heterocycles. The molecule has 8 heteroatoms. The molecule has 0 atom stereocenters. The molecule has 0 saturated carbocycles. The van der Waals surface area contributed by atoms with Crippen molar-refractivity contribution in [2.45, 2.75) is 0 Å². The third-order valence-electron chi connectivity index (χ3n) is 2.43. The van der Waals surface area contributed by atoms with Crippen molar-refractivity contribution < 1.29 is 57.4 Å². The van der Waals surface area contributed by atoms with Crippen LogP contribution in [0.4, 0.5) is 0 Å². The molecule has 5 nitrogen and oxygen atoms in total. The Bertz CT molecular complexity index is 664. The average Bonchev–Trinajstić information content (AvgIpc) is 3.46. The van der Waals surface area contributed by atoms with Gasteiger partial charge in [-0.2, -0.15) is 18.2 Å². The van der Waals surface area contributed by atoms with Crippen molar-refractivity contribution >= 4 is 19.4 Å². The van der Waals surface area contributed by atoms with Crippen molar-refractivity contribution in [3.63, 3.8) is 0 Å². The summed E-state index contributed by atoms with van der Waals surface area (Å²) in [4.78, 5) is 0. The molecule has 0 fully saturated rings. The Hall–Kier alpha value is -2.08. The molecule has 3 aromatic carbocycles. The summed E-state index contributed by atoms with van der Waals surface area (Å²) in [6.07, 6.45) is 0. The van der Waals surface area contributed by atoms with E-state index in [4.69, 9.17) is 23.3 Å². The SMILES string of the molecule is [C-]#[O+].[C-]#[O+].[C-]#[O+].[C-]#[O+].[C-]#[O+].[Fe].[Mn+2].c1cc[cH-]c1.c1ccc([CH-][Se]c2ccccc2)cc1. The second-order valence-electron chi connectivity index (χ2n) is 3.92. The van der Waals surface area contributed by atoms with Crippen LogP contribution in [0.5, 0.6) is 0 Å². The Morgan fingerprint density at radius 1 is 0.581 bits per heavy atom. The van der Waals surface area contributed by atoms with E-state index in [-0.39, 0.29) is 34.1 Å². The van der Waals surface area contributed by atoms with E-state index in [2.05, 4.69) is 93.2 Å². The van der Waals surface area contributed by atoms with Crippen LogP contribution in [0.25, 0.3) is 0 Å². The topological polar surface area (TPSA) is 99.5 Å². The van der Waals surface area contributed by atoms with Crippen molar-refractivity contribution in [1.29, 1.82) is 0 Å². The summed E-state index contributed by atoms with van der Waals surface area (Å²) in [6, 6.07) is 31.1. The van der Waals surface area contributed by atoms with Gasteiger partial charge in [0.25, 0.3) is 0 Å². The zero-order valence-electron chi connectivity index (χ0n) is 15.9. The van der Waals surface area contributed by atoms with Gasteiger partial charge in [0.1, 0.15) is 0 Å². The zero-order valence-corrected chi connectivity index (χ0v) is 19.9. The summed E-state index contributed by atoms with van der Waals surface area (Å²) in [6.45, 7) is 22.5. The van der Waals surface area contributed by atoms with Crippen LogP contribution in [-0.4, -0.2) is 15.0 Å². The van der Waals surface area contributed by atoms with Gasteiger partial charge in [-0.15, -0.1) is 0 Å². The fourth-order valence-electron chi connectivity index (χ4n) is 1.49. The minimum atomic E-state index is 0. The normalized spacial score (nSPS) is 6.00. The first kappa shape index (κ1) is 42.9. The van der Waals surface area contributed by atoms with Crippen molar-refractivity contribution in [1.82, 2.24) is 0 Å². The van der Waals surface area contributed by atoms with Crippen molar-refractivity contribution in [3.8, 4) is 0 Å². The van der Waals surface area contributed by atoms with Crippen LogP contribution in [0.15, 0.2) is 91.0 Å². The molecular weight excluding hydrogens is 546 g/mol. The first-order valence-electron chi connectivity index (χ1n) is 7.24. The first-order valence-corrected chi connectivity index (χ1v) is 9.08. The summed E-state index contributed by atoms with van der Waals surface area (Å²) in [7, 11) is 0. The van der Waals surface area contributed by atoms with Crippen molar-refractivity contribution in [3.05, 3.63) is 135 Å². The van der Waals surface area contributed by atoms with Gasteiger partial charge in [0.2, 0.25) is 0 Å². The quantitative estimate of drug-likeness (QED) is 0.266. The molecule has 3 rings (SSSR count). The predicted octanol–water partition coefficient (Wildman–Crippen LogP) is 3.44. The van der Waals surface area contributed by atoms with E-state index in [0.717, 1.165) is 0 Å². The third kappa shape index (κ3) is 32.8. The Kier molecular flexibility index (Phi) is 64.0. The van der Waals surface area contributed by atoms with Gasteiger partial charge in [0, 0.05) is 17.1 Å². The van der Waals surface area contributed by atoms with Crippen LogP contribution in [0.2, 0.25) is 0 Å². The monoisotopic (exact) mass is 563 g/mol. The second kappa shape index (κ2) is 46.2. The van der Waals surface area contributed by atoms with Gasteiger partial charge >= 0.3 is 165 Å². The van der Waals surface area contributed by atoms with Crippen molar-refractivity contribution in [2.24, 2.45) is 0 Å². The molecular formula is C23H16FeMnO5Se. The Balaban J connectivity index is -0.0000000779. The summed E-state index contributed by atoms with van der Waals surface area (Å²) in [5, 5.41) is 2.31. The molecule has 0 spiro atoms. The molecule has 0 bridgehead atoms. The van der Waals surface area contributed by atoms with Gasteiger partial charge < -0.3 is 0 Å². The van der Waals surface area contributed by atoms with E-state index < -0.39 is 0 Å². The minimum absolute atomic E-state index is 0. The van der Waals surface area contributed by atoms with Gasteiger partial charge in [-0.1, -0.05) is 0 Å². The fourth-order valence-corrected chi connectivity index (χ4v) is 3.05.